The number of benzene rings is 2. The molecular formula is C16H16FN3O4S. The van der Waals surface area contributed by atoms with Crippen LogP contribution in [0.3, 0.4) is 0 Å². The second-order valence-electron chi connectivity index (χ2n) is 5.16. The molecule has 9 heteroatoms. The van der Waals surface area contributed by atoms with Crippen LogP contribution >= 0.6 is 0 Å². The van der Waals surface area contributed by atoms with Crippen molar-refractivity contribution in [3.63, 3.8) is 0 Å². The first kappa shape index (κ1) is 18.4. The predicted molar refractivity (Wildman–Crippen MR) is 90.9 cm³/mol. The SMILES string of the molecule is CC(=O)Nc1ccc(S(=O)(=O)N(CC(N)=O)c2ccc(F)cc2)cc1. The van der Waals surface area contributed by atoms with E-state index < -0.39 is 28.3 Å². The second-order valence-corrected chi connectivity index (χ2v) is 7.02. The summed E-state index contributed by atoms with van der Waals surface area (Å²) >= 11 is 0. The first-order valence-electron chi connectivity index (χ1n) is 7.14. The summed E-state index contributed by atoms with van der Waals surface area (Å²) < 4.78 is 39.5. The van der Waals surface area contributed by atoms with Crippen molar-refractivity contribution in [2.45, 2.75) is 11.8 Å². The molecule has 0 aliphatic carbocycles. The molecule has 2 rings (SSSR count). The Hall–Kier alpha value is -2.94. The molecule has 0 aliphatic heterocycles. The summed E-state index contributed by atoms with van der Waals surface area (Å²) in [6, 6.07) is 10.1. The summed E-state index contributed by atoms with van der Waals surface area (Å²) in [5.74, 6) is -1.69. The van der Waals surface area contributed by atoms with Gasteiger partial charge in [-0.25, -0.2) is 12.8 Å². The van der Waals surface area contributed by atoms with Crippen LogP contribution in [-0.4, -0.2) is 26.8 Å². The second kappa shape index (κ2) is 7.31. The number of carbonyl (C=O) groups excluding carboxylic acids is 2. The molecular weight excluding hydrogens is 349 g/mol. The maximum absolute atomic E-state index is 13.1. The van der Waals surface area contributed by atoms with E-state index in [-0.39, 0.29) is 16.5 Å². The molecule has 0 heterocycles. The highest BCUT2D eigenvalue weighted by Crippen LogP contribution is 2.24. The molecule has 0 fully saturated rings. The minimum Gasteiger partial charge on any atom is -0.368 e. The van der Waals surface area contributed by atoms with Gasteiger partial charge in [0.25, 0.3) is 10.0 Å². The number of anilines is 2. The molecule has 2 aromatic rings. The molecule has 0 spiro atoms. The largest absolute Gasteiger partial charge is 0.368 e. The zero-order chi connectivity index (χ0) is 18.6. The number of halogens is 1. The Bertz CT molecular complexity index is 881. The zero-order valence-corrected chi connectivity index (χ0v) is 14.1. The van der Waals surface area contributed by atoms with Crippen molar-refractivity contribution in [2.24, 2.45) is 5.73 Å². The van der Waals surface area contributed by atoms with Gasteiger partial charge in [0.15, 0.2) is 0 Å². The van der Waals surface area contributed by atoms with Gasteiger partial charge in [-0.2, -0.15) is 0 Å². The zero-order valence-electron chi connectivity index (χ0n) is 13.3. The number of nitrogens with two attached hydrogens (primary N) is 1. The molecule has 0 saturated heterocycles. The lowest BCUT2D eigenvalue weighted by molar-refractivity contribution is -0.116. The van der Waals surface area contributed by atoms with Crippen molar-refractivity contribution in [3.8, 4) is 0 Å². The summed E-state index contributed by atoms with van der Waals surface area (Å²) in [7, 11) is -4.11. The summed E-state index contributed by atoms with van der Waals surface area (Å²) in [5, 5.41) is 2.52. The van der Waals surface area contributed by atoms with Gasteiger partial charge in [0, 0.05) is 12.6 Å². The Kier molecular flexibility index (Phi) is 5.38. The van der Waals surface area contributed by atoms with Crippen LogP contribution in [0, 0.1) is 5.82 Å². The number of rotatable bonds is 6. The highest BCUT2D eigenvalue weighted by Gasteiger charge is 2.26. The Morgan fingerprint density at radius 2 is 1.64 bits per heavy atom. The van der Waals surface area contributed by atoms with E-state index in [1.54, 1.807) is 0 Å². The van der Waals surface area contributed by atoms with Gasteiger partial charge in [-0.15, -0.1) is 0 Å². The number of nitrogens with one attached hydrogen (secondary N) is 1. The molecule has 7 nitrogen and oxygen atoms in total. The summed E-state index contributed by atoms with van der Waals surface area (Å²) in [6.45, 7) is 0.731. The number of primary amides is 1. The molecule has 0 saturated carbocycles. The summed E-state index contributed by atoms with van der Waals surface area (Å²) in [4.78, 5) is 22.2. The maximum atomic E-state index is 13.1. The van der Waals surface area contributed by atoms with E-state index in [0.717, 1.165) is 16.4 Å². The minimum absolute atomic E-state index is 0.103. The van der Waals surface area contributed by atoms with E-state index in [9.17, 15) is 22.4 Å². The average molecular weight is 365 g/mol. The summed E-state index contributed by atoms with van der Waals surface area (Å²) in [6.07, 6.45) is 0. The summed E-state index contributed by atoms with van der Waals surface area (Å²) in [5.41, 5.74) is 5.68. The molecule has 0 atom stereocenters. The third kappa shape index (κ3) is 4.54. The number of nitrogens with zero attached hydrogens (tertiary/aromatic N) is 1. The van der Waals surface area contributed by atoms with Crippen LogP contribution in [0.4, 0.5) is 15.8 Å². The Labute approximate surface area is 144 Å². The van der Waals surface area contributed by atoms with Gasteiger partial charge >= 0.3 is 0 Å². The molecule has 0 radical (unpaired) electrons. The smallest absolute Gasteiger partial charge is 0.264 e. The molecule has 132 valence electrons. The normalized spacial score (nSPS) is 11.0. The van der Waals surface area contributed by atoms with Crippen LogP contribution in [0.2, 0.25) is 0 Å². The highest BCUT2D eigenvalue weighted by molar-refractivity contribution is 7.92. The number of carbonyl (C=O) groups is 2. The van der Waals surface area contributed by atoms with Crippen LogP contribution in [-0.2, 0) is 19.6 Å². The van der Waals surface area contributed by atoms with Crippen molar-refractivity contribution in [2.75, 3.05) is 16.2 Å². The first-order valence-corrected chi connectivity index (χ1v) is 8.58. The molecule has 2 aromatic carbocycles. The fourth-order valence-corrected chi connectivity index (χ4v) is 3.54. The van der Waals surface area contributed by atoms with Gasteiger partial charge < -0.3 is 11.1 Å². The lowest BCUT2D eigenvalue weighted by Crippen LogP contribution is -2.38. The van der Waals surface area contributed by atoms with Gasteiger partial charge in [0.05, 0.1) is 10.6 Å². The molecule has 25 heavy (non-hydrogen) atoms. The van der Waals surface area contributed by atoms with Crippen molar-refractivity contribution >= 4 is 33.2 Å². The predicted octanol–water partition coefficient (Wildman–Crippen LogP) is 1.46. The molecule has 0 aromatic heterocycles. The third-order valence-corrected chi connectivity index (χ3v) is 4.96. The van der Waals surface area contributed by atoms with Gasteiger partial charge in [0.2, 0.25) is 11.8 Å². The van der Waals surface area contributed by atoms with Gasteiger partial charge in [-0.1, -0.05) is 0 Å². The van der Waals surface area contributed by atoms with E-state index >= 15 is 0 Å². The van der Waals surface area contributed by atoms with Crippen molar-refractivity contribution in [1.29, 1.82) is 0 Å². The topological polar surface area (TPSA) is 110 Å². The fraction of sp³-hybridized carbons (Fsp3) is 0.125. The number of hydrogen-bond acceptors (Lipinski definition) is 4. The molecule has 0 bridgehead atoms. The van der Waals surface area contributed by atoms with Crippen molar-refractivity contribution < 1.29 is 22.4 Å². The number of sulfonamides is 1. The van der Waals surface area contributed by atoms with E-state index in [1.165, 1.54) is 43.3 Å². The molecule has 3 N–H and O–H groups in total. The van der Waals surface area contributed by atoms with E-state index in [4.69, 9.17) is 5.73 Å². The van der Waals surface area contributed by atoms with Gasteiger partial charge in [-0.05, 0) is 48.5 Å². The molecule has 0 unspecified atom stereocenters. The van der Waals surface area contributed by atoms with Crippen molar-refractivity contribution in [3.05, 3.63) is 54.3 Å². The van der Waals surface area contributed by atoms with Crippen LogP contribution in [0.5, 0.6) is 0 Å². The van der Waals surface area contributed by atoms with Crippen LogP contribution < -0.4 is 15.4 Å². The third-order valence-electron chi connectivity index (χ3n) is 3.18. The number of hydrogen-bond donors (Lipinski definition) is 2. The van der Waals surface area contributed by atoms with Gasteiger partial charge in [0.1, 0.15) is 12.4 Å². The van der Waals surface area contributed by atoms with E-state index in [0.29, 0.717) is 5.69 Å². The Balaban J connectivity index is 2.42. The first-order chi connectivity index (χ1) is 11.7. The molecule has 2 amide bonds. The molecule has 0 aliphatic rings. The van der Waals surface area contributed by atoms with E-state index in [1.807, 2.05) is 0 Å². The minimum atomic E-state index is -4.11. The quantitative estimate of drug-likeness (QED) is 0.807. The van der Waals surface area contributed by atoms with Gasteiger partial charge in [-0.3, -0.25) is 13.9 Å². The van der Waals surface area contributed by atoms with Crippen LogP contribution in [0.15, 0.2) is 53.4 Å². The number of amides is 2. The van der Waals surface area contributed by atoms with Crippen LogP contribution in [0.25, 0.3) is 0 Å². The van der Waals surface area contributed by atoms with Crippen molar-refractivity contribution in [1.82, 2.24) is 0 Å². The lowest BCUT2D eigenvalue weighted by atomic mass is 10.3. The Morgan fingerprint density at radius 1 is 1.08 bits per heavy atom. The van der Waals surface area contributed by atoms with E-state index in [2.05, 4.69) is 5.32 Å². The lowest BCUT2D eigenvalue weighted by Gasteiger charge is -2.23. The van der Waals surface area contributed by atoms with Crippen LogP contribution in [0.1, 0.15) is 6.92 Å². The standard InChI is InChI=1S/C16H16FN3O4S/c1-11(21)19-13-4-8-15(9-5-13)25(23,24)20(10-16(18)22)14-6-2-12(17)3-7-14/h2-9H,10H2,1H3,(H2,18,22)(H,19,21). The Morgan fingerprint density at radius 3 is 2.12 bits per heavy atom. The monoisotopic (exact) mass is 365 g/mol. The average Bonchev–Trinajstić information content (AvgIpc) is 2.53. The fourth-order valence-electron chi connectivity index (χ4n) is 2.10. The highest BCUT2D eigenvalue weighted by atomic mass is 32.2. The maximum Gasteiger partial charge on any atom is 0.264 e.